The Bertz CT molecular complexity index is 634. The molecule has 2 aromatic rings. The molecule has 0 bridgehead atoms. The molecule has 1 saturated heterocycles. The standard InChI is InChI=1S/C19H22N2O2/c1-15-7-8-17(13-20-15)19(22)21(18-10-12-23-14-18)11-9-16-5-3-2-4-6-16/h2-8,13,18H,9-12,14H2,1H3. The maximum atomic E-state index is 12.9. The Balaban J connectivity index is 1.74. The first kappa shape index (κ1) is 15.7. The molecule has 1 aliphatic heterocycles. The third kappa shape index (κ3) is 3.96. The van der Waals surface area contributed by atoms with Crippen LogP contribution in [0.2, 0.25) is 0 Å². The second-order valence-corrected chi connectivity index (χ2v) is 5.94. The van der Waals surface area contributed by atoms with Gasteiger partial charge in [0.25, 0.3) is 5.91 Å². The fourth-order valence-electron chi connectivity index (χ4n) is 2.87. The van der Waals surface area contributed by atoms with Gasteiger partial charge in [0.15, 0.2) is 0 Å². The summed E-state index contributed by atoms with van der Waals surface area (Å²) >= 11 is 0. The average molecular weight is 310 g/mol. The topological polar surface area (TPSA) is 42.4 Å². The Hall–Kier alpha value is -2.20. The van der Waals surface area contributed by atoms with E-state index in [0.29, 0.717) is 18.7 Å². The molecule has 1 atom stereocenters. The minimum Gasteiger partial charge on any atom is -0.379 e. The molecule has 1 aromatic heterocycles. The number of aromatic nitrogens is 1. The highest BCUT2D eigenvalue weighted by atomic mass is 16.5. The van der Waals surface area contributed by atoms with Gasteiger partial charge in [0.2, 0.25) is 0 Å². The van der Waals surface area contributed by atoms with Crippen LogP contribution in [0.3, 0.4) is 0 Å². The minimum absolute atomic E-state index is 0.0453. The van der Waals surface area contributed by atoms with Gasteiger partial charge in [-0.15, -0.1) is 0 Å². The van der Waals surface area contributed by atoms with E-state index in [0.717, 1.165) is 25.1 Å². The van der Waals surface area contributed by atoms with Crippen molar-refractivity contribution in [2.24, 2.45) is 0 Å². The summed E-state index contributed by atoms with van der Waals surface area (Å²) in [6.45, 7) is 3.97. The van der Waals surface area contributed by atoms with Crippen LogP contribution in [0.15, 0.2) is 48.7 Å². The highest BCUT2D eigenvalue weighted by Gasteiger charge is 2.28. The van der Waals surface area contributed by atoms with Gasteiger partial charge in [-0.3, -0.25) is 9.78 Å². The largest absolute Gasteiger partial charge is 0.379 e. The zero-order chi connectivity index (χ0) is 16.1. The predicted octanol–water partition coefficient (Wildman–Crippen LogP) is 2.86. The van der Waals surface area contributed by atoms with Crippen LogP contribution in [0.5, 0.6) is 0 Å². The van der Waals surface area contributed by atoms with Gasteiger partial charge < -0.3 is 9.64 Å². The first-order valence-corrected chi connectivity index (χ1v) is 8.09. The molecule has 0 N–H and O–H groups in total. The van der Waals surface area contributed by atoms with E-state index < -0.39 is 0 Å². The number of ether oxygens (including phenoxy) is 1. The van der Waals surface area contributed by atoms with Crippen LogP contribution in [-0.2, 0) is 11.2 Å². The molecule has 1 unspecified atom stereocenters. The lowest BCUT2D eigenvalue weighted by Crippen LogP contribution is -2.42. The summed E-state index contributed by atoms with van der Waals surface area (Å²) in [4.78, 5) is 19.1. The normalized spacial score (nSPS) is 17.2. The number of amides is 1. The number of rotatable bonds is 5. The SMILES string of the molecule is Cc1ccc(C(=O)N(CCc2ccccc2)C2CCOC2)cn1. The Morgan fingerprint density at radius 3 is 2.74 bits per heavy atom. The van der Waals surface area contributed by atoms with E-state index in [-0.39, 0.29) is 11.9 Å². The lowest BCUT2D eigenvalue weighted by molar-refractivity contribution is 0.0656. The van der Waals surface area contributed by atoms with Gasteiger partial charge in [0.05, 0.1) is 18.2 Å². The molecule has 4 heteroatoms. The van der Waals surface area contributed by atoms with E-state index in [1.807, 2.05) is 42.2 Å². The van der Waals surface area contributed by atoms with Gasteiger partial charge in [0.1, 0.15) is 0 Å². The third-order valence-electron chi connectivity index (χ3n) is 4.25. The summed E-state index contributed by atoms with van der Waals surface area (Å²) < 4.78 is 5.49. The maximum absolute atomic E-state index is 12.9. The van der Waals surface area contributed by atoms with Crippen molar-refractivity contribution in [3.63, 3.8) is 0 Å². The summed E-state index contributed by atoms with van der Waals surface area (Å²) in [7, 11) is 0. The van der Waals surface area contributed by atoms with E-state index in [9.17, 15) is 4.79 Å². The molecule has 3 rings (SSSR count). The van der Waals surface area contributed by atoms with E-state index in [4.69, 9.17) is 4.74 Å². The van der Waals surface area contributed by atoms with Crippen LogP contribution in [0, 0.1) is 6.92 Å². The lowest BCUT2D eigenvalue weighted by atomic mass is 10.1. The van der Waals surface area contributed by atoms with Crippen molar-refractivity contribution in [2.45, 2.75) is 25.8 Å². The van der Waals surface area contributed by atoms with Crippen molar-refractivity contribution in [2.75, 3.05) is 19.8 Å². The smallest absolute Gasteiger partial charge is 0.255 e. The van der Waals surface area contributed by atoms with Crippen molar-refractivity contribution in [3.8, 4) is 0 Å². The summed E-state index contributed by atoms with van der Waals surface area (Å²) in [5.74, 6) is 0.0453. The molecule has 23 heavy (non-hydrogen) atoms. The molecule has 1 aromatic carbocycles. The molecule has 0 spiro atoms. The zero-order valence-electron chi connectivity index (χ0n) is 13.4. The van der Waals surface area contributed by atoms with Gasteiger partial charge in [-0.25, -0.2) is 0 Å². The molecule has 1 fully saturated rings. The van der Waals surface area contributed by atoms with Gasteiger partial charge >= 0.3 is 0 Å². The number of hydrogen-bond donors (Lipinski definition) is 0. The van der Waals surface area contributed by atoms with Crippen LogP contribution >= 0.6 is 0 Å². The Morgan fingerprint density at radius 2 is 2.09 bits per heavy atom. The van der Waals surface area contributed by atoms with E-state index >= 15 is 0 Å². The van der Waals surface area contributed by atoms with E-state index in [2.05, 4.69) is 17.1 Å². The van der Waals surface area contributed by atoms with Crippen molar-refractivity contribution < 1.29 is 9.53 Å². The first-order chi connectivity index (χ1) is 11.2. The van der Waals surface area contributed by atoms with Crippen molar-refractivity contribution >= 4 is 5.91 Å². The molecule has 1 aliphatic rings. The van der Waals surface area contributed by atoms with Gasteiger partial charge in [-0.2, -0.15) is 0 Å². The van der Waals surface area contributed by atoms with E-state index in [1.54, 1.807) is 6.20 Å². The summed E-state index contributed by atoms with van der Waals surface area (Å²) in [5.41, 5.74) is 2.81. The number of hydrogen-bond acceptors (Lipinski definition) is 3. The Morgan fingerprint density at radius 1 is 1.26 bits per heavy atom. The zero-order valence-corrected chi connectivity index (χ0v) is 13.4. The lowest BCUT2D eigenvalue weighted by Gasteiger charge is -2.28. The average Bonchev–Trinajstić information content (AvgIpc) is 3.11. The highest BCUT2D eigenvalue weighted by molar-refractivity contribution is 5.94. The maximum Gasteiger partial charge on any atom is 0.255 e. The third-order valence-corrected chi connectivity index (χ3v) is 4.25. The van der Waals surface area contributed by atoms with Gasteiger partial charge in [0, 0.05) is 25.0 Å². The molecular formula is C19H22N2O2. The first-order valence-electron chi connectivity index (χ1n) is 8.09. The number of aryl methyl sites for hydroxylation is 1. The number of nitrogens with zero attached hydrogens (tertiary/aromatic N) is 2. The second kappa shape index (κ2) is 7.38. The van der Waals surface area contributed by atoms with Crippen molar-refractivity contribution in [1.82, 2.24) is 9.88 Å². The van der Waals surface area contributed by atoms with Gasteiger partial charge in [-0.1, -0.05) is 30.3 Å². The molecule has 0 aliphatic carbocycles. The minimum atomic E-state index is 0.0453. The van der Waals surface area contributed by atoms with Crippen LogP contribution < -0.4 is 0 Å². The number of pyridine rings is 1. The predicted molar refractivity (Wildman–Crippen MR) is 89.4 cm³/mol. The van der Waals surface area contributed by atoms with Crippen LogP contribution in [0.4, 0.5) is 0 Å². The fourth-order valence-corrected chi connectivity index (χ4v) is 2.87. The summed E-state index contributed by atoms with van der Waals surface area (Å²) in [5, 5.41) is 0. The molecule has 1 amide bonds. The summed E-state index contributed by atoms with van der Waals surface area (Å²) in [6.07, 6.45) is 3.42. The number of carbonyl (C=O) groups excluding carboxylic acids is 1. The Kier molecular flexibility index (Phi) is 5.03. The van der Waals surface area contributed by atoms with Crippen molar-refractivity contribution in [3.05, 3.63) is 65.5 Å². The Labute approximate surface area is 137 Å². The van der Waals surface area contributed by atoms with Gasteiger partial charge in [-0.05, 0) is 37.5 Å². The molecule has 4 nitrogen and oxygen atoms in total. The van der Waals surface area contributed by atoms with Crippen LogP contribution in [0.25, 0.3) is 0 Å². The molecule has 0 radical (unpaired) electrons. The molecular weight excluding hydrogens is 288 g/mol. The van der Waals surface area contributed by atoms with E-state index in [1.165, 1.54) is 5.56 Å². The second-order valence-electron chi connectivity index (χ2n) is 5.94. The molecule has 120 valence electrons. The molecule has 0 saturated carbocycles. The summed E-state index contributed by atoms with van der Waals surface area (Å²) in [6, 6.07) is 14.2. The highest BCUT2D eigenvalue weighted by Crippen LogP contribution is 2.17. The van der Waals surface area contributed by atoms with Crippen molar-refractivity contribution in [1.29, 1.82) is 0 Å². The quantitative estimate of drug-likeness (QED) is 0.853. The monoisotopic (exact) mass is 310 g/mol. The number of carbonyl (C=O) groups is 1. The molecule has 2 heterocycles. The van der Waals surface area contributed by atoms with Crippen LogP contribution in [0.1, 0.15) is 28.0 Å². The van der Waals surface area contributed by atoms with Crippen LogP contribution in [-0.4, -0.2) is 41.6 Å². The number of benzene rings is 1. The fraction of sp³-hybridized carbons (Fsp3) is 0.368.